The number of rotatable bonds is 6. The maximum Gasteiger partial charge on any atom is 0.159 e. The molecule has 4 aromatic rings. The third-order valence-electron chi connectivity index (χ3n) is 6.84. The molecule has 0 amide bonds. The fraction of sp³-hybridized carbons (Fsp3) is 0.351. The van der Waals surface area contributed by atoms with E-state index in [1.54, 1.807) is 0 Å². The Bertz CT molecular complexity index is 1540. The van der Waals surface area contributed by atoms with Gasteiger partial charge in [-0.1, -0.05) is 96.0 Å². The number of aliphatic hydroxyl groups excluding tert-OH is 1. The standard InChI is InChI=1S/C26H22N.C11H20O2.Ir/c1-26(2,3)16-17-11-12-20-21-10-6-7-18-13-14-27-25(24(18)21)22-9-5-4-8-19(22)23(20)15-17;1-8(2)5-10(12)7-11(13)6-9(3)4;/h4-8,10-15H,16H2,1-3H3;7-9,12H,5-6H2,1-4H3;/q-1;;/b;10-7-;. The van der Waals surface area contributed by atoms with Gasteiger partial charge in [-0.2, -0.15) is 0 Å². The van der Waals surface area contributed by atoms with Crippen molar-refractivity contribution in [3.8, 4) is 33.5 Å². The molecule has 5 rings (SSSR count). The number of nitrogens with zero attached hydrogens (tertiary/aromatic N) is 1. The molecule has 1 aromatic heterocycles. The number of ketones is 1. The molecule has 217 valence electrons. The van der Waals surface area contributed by atoms with Gasteiger partial charge >= 0.3 is 0 Å². The zero-order valence-electron chi connectivity index (χ0n) is 25.3. The SMILES string of the molecule is CC(C)(C)Cc1ccc2c(c1)-c1ccc[c-]c1-c1nccc3cccc-2c13.CC(C)CC(=O)/C=C(\O)CC(C)C.[Ir]. The molecular formula is C37H42IrNO2-. The van der Waals surface area contributed by atoms with Crippen molar-refractivity contribution < 1.29 is 30.0 Å². The van der Waals surface area contributed by atoms with Crippen LogP contribution in [0.2, 0.25) is 0 Å². The number of aromatic nitrogens is 1. The van der Waals surface area contributed by atoms with Gasteiger partial charge in [-0.25, -0.2) is 0 Å². The molecule has 41 heavy (non-hydrogen) atoms. The van der Waals surface area contributed by atoms with Crippen LogP contribution < -0.4 is 0 Å². The number of carbonyl (C=O) groups is 1. The van der Waals surface area contributed by atoms with Crippen molar-refractivity contribution in [3.63, 3.8) is 0 Å². The summed E-state index contributed by atoms with van der Waals surface area (Å²) in [7, 11) is 0. The van der Waals surface area contributed by atoms with Gasteiger partial charge in [-0.3, -0.25) is 4.79 Å². The molecule has 4 heteroatoms. The van der Waals surface area contributed by atoms with Crippen molar-refractivity contribution in [2.45, 2.75) is 67.7 Å². The zero-order chi connectivity index (χ0) is 29.0. The smallest absolute Gasteiger partial charge is 0.159 e. The predicted octanol–water partition coefficient (Wildman–Crippen LogP) is 10.0. The van der Waals surface area contributed by atoms with E-state index < -0.39 is 0 Å². The van der Waals surface area contributed by atoms with Gasteiger partial charge in [0.15, 0.2) is 5.78 Å². The van der Waals surface area contributed by atoms with Gasteiger partial charge in [0.1, 0.15) is 0 Å². The van der Waals surface area contributed by atoms with Crippen LogP contribution in [-0.2, 0) is 31.3 Å². The molecule has 1 heterocycles. The zero-order valence-corrected chi connectivity index (χ0v) is 27.7. The second-order valence-electron chi connectivity index (χ2n) is 12.9. The number of pyridine rings is 1. The molecule has 0 bridgehead atoms. The number of hydrogen-bond acceptors (Lipinski definition) is 3. The van der Waals surface area contributed by atoms with Gasteiger partial charge in [0.25, 0.3) is 0 Å². The van der Waals surface area contributed by atoms with E-state index in [1.807, 2.05) is 40.0 Å². The summed E-state index contributed by atoms with van der Waals surface area (Å²) in [6.45, 7) is 14.9. The molecule has 0 fully saturated rings. The quantitative estimate of drug-likeness (QED) is 0.108. The Morgan fingerprint density at radius 3 is 2.29 bits per heavy atom. The third-order valence-corrected chi connectivity index (χ3v) is 6.84. The van der Waals surface area contributed by atoms with Crippen LogP contribution in [0.3, 0.4) is 0 Å². The van der Waals surface area contributed by atoms with Gasteiger partial charge in [0.2, 0.25) is 0 Å². The number of hydrogen-bond donors (Lipinski definition) is 1. The first kappa shape index (κ1) is 32.4. The second-order valence-corrected chi connectivity index (χ2v) is 12.9. The molecule has 0 unspecified atom stereocenters. The first-order valence-corrected chi connectivity index (χ1v) is 14.4. The monoisotopic (exact) mass is 725 g/mol. The third kappa shape index (κ3) is 8.24. The Hall–Kier alpha value is -3.07. The molecule has 1 aliphatic carbocycles. The van der Waals surface area contributed by atoms with Gasteiger partial charge < -0.3 is 10.1 Å². The Morgan fingerprint density at radius 2 is 1.61 bits per heavy atom. The minimum absolute atomic E-state index is 0. The summed E-state index contributed by atoms with van der Waals surface area (Å²) in [6.07, 6.45) is 5.43. The van der Waals surface area contributed by atoms with Crippen molar-refractivity contribution in [1.82, 2.24) is 4.98 Å². The summed E-state index contributed by atoms with van der Waals surface area (Å²) >= 11 is 0. The van der Waals surface area contributed by atoms with Crippen LogP contribution in [0.5, 0.6) is 0 Å². The predicted molar refractivity (Wildman–Crippen MR) is 168 cm³/mol. The molecule has 0 saturated heterocycles. The van der Waals surface area contributed by atoms with Crippen molar-refractivity contribution >= 4 is 16.6 Å². The van der Waals surface area contributed by atoms with E-state index in [9.17, 15) is 9.90 Å². The summed E-state index contributed by atoms with van der Waals surface area (Å²) < 4.78 is 0. The maximum absolute atomic E-state index is 11.2. The summed E-state index contributed by atoms with van der Waals surface area (Å²) in [6, 6.07) is 25.4. The summed E-state index contributed by atoms with van der Waals surface area (Å²) in [4.78, 5) is 16.0. The van der Waals surface area contributed by atoms with E-state index in [1.165, 1.54) is 44.7 Å². The van der Waals surface area contributed by atoms with Crippen molar-refractivity contribution in [2.24, 2.45) is 17.3 Å². The summed E-state index contributed by atoms with van der Waals surface area (Å²) in [5, 5.41) is 11.8. The van der Waals surface area contributed by atoms with E-state index in [2.05, 4.69) is 81.4 Å². The van der Waals surface area contributed by atoms with Crippen LogP contribution in [0.4, 0.5) is 0 Å². The summed E-state index contributed by atoms with van der Waals surface area (Å²) in [5.74, 6) is 0.979. The van der Waals surface area contributed by atoms with E-state index in [0.717, 1.165) is 17.7 Å². The van der Waals surface area contributed by atoms with Crippen molar-refractivity contribution in [1.29, 1.82) is 0 Å². The Balaban J connectivity index is 0.000000284. The topological polar surface area (TPSA) is 50.2 Å². The molecule has 1 radical (unpaired) electrons. The Morgan fingerprint density at radius 1 is 0.902 bits per heavy atom. The minimum Gasteiger partial charge on any atom is -0.512 e. The van der Waals surface area contributed by atoms with Crippen LogP contribution >= 0.6 is 0 Å². The van der Waals surface area contributed by atoms with Crippen molar-refractivity contribution in [2.75, 3.05) is 0 Å². The largest absolute Gasteiger partial charge is 0.512 e. The number of fused-ring (bicyclic) bond motifs is 5. The van der Waals surface area contributed by atoms with Crippen LogP contribution in [0.25, 0.3) is 44.3 Å². The maximum atomic E-state index is 11.2. The Kier molecular flexibility index (Phi) is 10.9. The van der Waals surface area contributed by atoms with E-state index in [0.29, 0.717) is 24.7 Å². The number of allylic oxidation sites excluding steroid dienone is 2. The molecule has 1 aliphatic rings. The number of benzene rings is 3. The van der Waals surface area contributed by atoms with E-state index >= 15 is 0 Å². The minimum atomic E-state index is 0. The van der Waals surface area contributed by atoms with Crippen LogP contribution in [0.15, 0.2) is 78.7 Å². The normalized spacial score (nSPS) is 12.2. The van der Waals surface area contributed by atoms with Crippen LogP contribution in [-0.4, -0.2) is 15.9 Å². The molecule has 1 N–H and O–H groups in total. The summed E-state index contributed by atoms with van der Waals surface area (Å²) in [5.41, 5.74) is 8.82. The molecule has 0 saturated carbocycles. The Labute approximate surface area is 259 Å². The molecule has 3 nitrogen and oxygen atoms in total. The van der Waals surface area contributed by atoms with Gasteiger partial charge in [-0.05, 0) is 62.9 Å². The molecule has 0 atom stereocenters. The number of carbonyl (C=O) groups excluding carboxylic acids is 1. The first-order chi connectivity index (χ1) is 18.9. The van der Waals surface area contributed by atoms with Gasteiger partial charge in [-0.15, -0.1) is 29.8 Å². The van der Waals surface area contributed by atoms with E-state index in [4.69, 9.17) is 4.98 Å². The molecule has 0 spiro atoms. The van der Waals surface area contributed by atoms with E-state index in [-0.39, 0.29) is 37.1 Å². The van der Waals surface area contributed by atoms with Crippen molar-refractivity contribution in [3.05, 3.63) is 90.3 Å². The molecule has 0 aliphatic heterocycles. The van der Waals surface area contributed by atoms with Gasteiger partial charge in [0, 0.05) is 45.2 Å². The van der Waals surface area contributed by atoms with Gasteiger partial charge in [0.05, 0.1) is 5.76 Å². The fourth-order valence-corrected chi connectivity index (χ4v) is 5.40. The second kappa shape index (κ2) is 13.7. The average molecular weight is 725 g/mol. The van der Waals surface area contributed by atoms with Crippen LogP contribution in [0.1, 0.15) is 66.9 Å². The van der Waals surface area contributed by atoms with Crippen LogP contribution in [0, 0.1) is 23.3 Å². The fourth-order valence-electron chi connectivity index (χ4n) is 5.40. The molecule has 3 aromatic carbocycles. The molecular weight excluding hydrogens is 683 g/mol. The number of aliphatic hydroxyl groups is 1. The first-order valence-electron chi connectivity index (χ1n) is 14.4. The average Bonchev–Trinajstić information content (AvgIpc) is 2.97.